The van der Waals surface area contributed by atoms with Gasteiger partial charge in [-0.15, -0.1) is 0 Å². The number of ketones is 1. The van der Waals surface area contributed by atoms with Crippen molar-refractivity contribution in [2.24, 2.45) is 5.92 Å². The summed E-state index contributed by atoms with van der Waals surface area (Å²) in [6.07, 6.45) is 1.31. The van der Waals surface area contributed by atoms with Gasteiger partial charge in [0.05, 0.1) is 13.2 Å². The minimum atomic E-state index is 0.0277. The van der Waals surface area contributed by atoms with Crippen LogP contribution in [0.15, 0.2) is 24.3 Å². The van der Waals surface area contributed by atoms with E-state index < -0.39 is 0 Å². The second kappa shape index (κ2) is 4.77. The lowest BCUT2D eigenvalue weighted by molar-refractivity contribution is -0.130. The lowest BCUT2D eigenvalue weighted by Gasteiger charge is -2.20. The van der Waals surface area contributed by atoms with Crippen molar-refractivity contribution in [3.8, 4) is 0 Å². The van der Waals surface area contributed by atoms with E-state index in [2.05, 4.69) is 0 Å². The first kappa shape index (κ1) is 10.7. The molecular weight excluding hydrogens is 212 g/mol. The molecule has 3 heteroatoms. The zero-order valence-corrected chi connectivity index (χ0v) is 9.17. The minimum Gasteiger partial charge on any atom is -0.380 e. The Labute approximate surface area is 94.2 Å². The third-order valence-corrected chi connectivity index (χ3v) is 2.91. The van der Waals surface area contributed by atoms with Crippen LogP contribution in [-0.4, -0.2) is 19.0 Å². The number of hydrogen-bond acceptors (Lipinski definition) is 2. The topological polar surface area (TPSA) is 26.3 Å². The number of carbonyl (C=O) groups excluding carboxylic acids is 1. The fourth-order valence-electron chi connectivity index (χ4n) is 1.77. The van der Waals surface area contributed by atoms with Crippen LogP contribution in [0.5, 0.6) is 0 Å². The van der Waals surface area contributed by atoms with Crippen LogP contribution in [0.4, 0.5) is 0 Å². The molecule has 0 N–H and O–H groups in total. The molecule has 2 nitrogen and oxygen atoms in total. The number of halogens is 1. The summed E-state index contributed by atoms with van der Waals surface area (Å²) in [7, 11) is 0. The first-order chi connectivity index (χ1) is 7.25. The molecule has 1 aromatic rings. The van der Waals surface area contributed by atoms with Crippen molar-refractivity contribution in [1.29, 1.82) is 0 Å². The van der Waals surface area contributed by atoms with Gasteiger partial charge in [0.15, 0.2) is 0 Å². The molecule has 1 aliphatic heterocycles. The van der Waals surface area contributed by atoms with Gasteiger partial charge in [0, 0.05) is 17.4 Å². The first-order valence-corrected chi connectivity index (χ1v) is 5.48. The molecule has 1 heterocycles. The monoisotopic (exact) mass is 224 g/mol. The van der Waals surface area contributed by atoms with Crippen LogP contribution in [0.1, 0.15) is 12.0 Å². The van der Waals surface area contributed by atoms with Crippen LogP contribution < -0.4 is 0 Å². The van der Waals surface area contributed by atoms with Gasteiger partial charge in [-0.25, -0.2) is 0 Å². The van der Waals surface area contributed by atoms with E-state index in [4.69, 9.17) is 16.3 Å². The second-order valence-electron chi connectivity index (χ2n) is 3.82. The number of hydrogen-bond donors (Lipinski definition) is 0. The van der Waals surface area contributed by atoms with Gasteiger partial charge in [-0.3, -0.25) is 4.79 Å². The Kier molecular flexibility index (Phi) is 3.39. The van der Waals surface area contributed by atoms with E-state index in [1.165, 1.54) is 0 Å². The van der Waals surface area contributed by atoms with Gasteiger partial charge < -0.3 is 4.74 Å². The molecule has 15 heavy (non-hydrogen) atoms. The van der Waals surface area contributed by atoms with Crippen LogP contribution >= 0.6 is 11.6 Å². The summed E-state index contributed by atoms with van der Waals surface area (Å²) in [4.78, 5) is 11.6. The van der Waals surface area contributed by atoms with Gasteiger partial charge in [-0.2, -0.15) is 0 Å². The highest BCUT2D eigenvalue weighted by Crippen LogP contribution is 2.17. The smallest absolute Gasteiger partial charge is 0.140 e. The molecular formula is C12H13ClO2. The Morgan fingerprint density at radius 2 is 2.07 bits per heavy atom. The number of benzene rings is 1. The van der Waals surface area contributed by atoms with Crippen molar-refractivity contribution < 1.29 is 9.53 Å². The molecule has 1 aliphatic rings. The number of ether oxygens (including phenoxy) is 1. The molecule has 1 atom stereocenters. The summed E-state index contributed by atoms with van der Waals surface area (Å²) in [6.45, 7) is 1.14. The average molecular weight is 225 g/mol. The van der Waals surface area contributed by atoms with E-state index >= 15 is 0 Å². The van der Waals surface area contributed by atoms with Crippen molar-refractivity contribution in [1.82, 2.24) is 0 Å². The van der Waals surface area contributed by atoms with Crippen LogP contribution in [-0.2, 0) is 16.0 Å². The van der Waals surface area contributed by atoms with E-state index in [9.17, 15) is 4.79 Å². The van der Waals surface area contributed by atoms with Crippen molar-refractivity contribution >= 4 is 17.4 Å². The van der Waals surface area contributed by atoms with Crippen LogP contribution in [0.25, 0.3) is 0 Å². The molecule has 1 aromatic carbocycles. The third-order valence-electron chi connectivity index (χ3n) is 2.66. The Hall–Kier alpha value is -0.860. The maximum atomic E-state index is 11.6. The Balaban J connectivity index is 2.01. The largest absolute Gasteiger partial charge is 0.380 e. The Morgan fingerprint density at radius 1 is 1.33 bits per heavy atom. The van der Waals surface area contributed by atoms with Crippen molar-refractivity contribution in [2.75, 3.05) is 13.2 Å². The summed E-state index contributed by atoms with van der Waals surface area (Å²) in [6, 6.07) is 7.63. The minimum absolute atomic E-state index is 0.0277. The zero-order valence-electron chi connectivity index (χ0n) is 8.41. The fourth-order valence-corrected chi connectivity index (χ4v) is 1.90. The lowest BCUT2D eigenvalue weighted by Crippen LogP contribution is -2.29. The van der Waals surface area contributed by atoms with Gasteiger partial charge in [0.2, 0.25) is 0 Å². The van der Waals surface area contributed by atoms with E-state index in [0.29, 0.717) is 25.4 Å². The maximum Gasteiger partial charge on any atom is 0.140 e. The number of rotatable bonds is 2. The number of carbonyl (C=O) groups is 1. The molecule has 0 bridgehead atoms. The molecule has 0 unspecified atom stereocenters. The van der Waals surface area contributed by atoms with Crippen LogP contribution in [0.3, 0.4) is 0 Å². The normalized spacial score (nSPS) is 21.7. The van der Waals surface area contributed by atoms with Gasteiger partial charge >= 0.3 is 0 Å². The van der Waals surface area contributed by atoms with E-state index in [1.54, 1.807) is 0 Å². The summed E-state index contributed by atoms with van der Waals surface area (Å²) in [5, 5.41) is 0.727. The standard InChI is InChI=1S/C12H13ClO2/c13-11-3-1-9(2-4-11)7-10-8-15-6-5-12(10)14/h1-4,10H,5-8H2/t10-/m0/s1. The summed E-state index contributed by atoms with van der Waals surface area (Å²) in [5.41, 5.74) is 1.14. The predicted octanol–water partition coefficient (Wildman–Crippen LogP) is 2.49. The van der Waals surface area contributed by atoms with Crippen LogP contribution in [0.2, 0.25) is 5.02 Å². The van der Waals surface area contributed by atoms with Crippen molar-refractivity contribution in [2.45, 2.75) is 12.8 Å². The van der Waals surface area contributed by atoms with Crippen molar-refractivity contribution in [3.63, 3.8) is 0 Å². The lowest BCUT2D eigenvalue weighted by atomic mass is 9.93. The van der Waals surface area contributed by atoms with E-state index in [-0.39, 0.29) is 5.92 Å². The highest BCUT2D eigenvalue weighted by atomic mass is 35.5. The molecule has 0 radical (unpaired) electrons. The first-order valence-electron chi connectivity index (χ1n) is 5.10. The molecule has 1 fully saturated rings. The molecule has 0 spiro atoms. The van der Waals surface area contributed by atoms with E-state index in [1.807, 2.05) is 24.3 Å². The Bertz CT molecular complexity index is 345. The predicted molar refractivity (Wildman–Crippen MR) is 59.1 cm³/mol. The van der Waals surface area contributed by atoms with Crippen LogP contribution in [0, 0.1) is 5.92 Å². The number of Topliss-reactive ketones (excluding diaryl/α,β-unsaturated/α-hetero) is 1. The molecule has 1 saturated heterocycles. The van der Waals surface area contributed by atoms with Gasteiger partial charge in [-0.05, 0) is 24.1 Å². The molecule has 80 valence electrons. The Morgan fingerprint density at radius 3 is 2.73 bits per heavy atom. The van der Waals surface area contributed by atoms with Gasteiger partial charge in [0.1, 0.15) is 5.78 Å². The highest BCUT2D eigenvalue weighted by Gasteiger charge is 2.22. The highest BCUT2D eigenvalue weighted by molar-refractivity contribution is 6.30. The maximum absolute atomic E-state index is 11.6. The van der Waals surface area contributed by atoms with E-state index in [0.717, 1.165) is 17.0 Å². The van der Waals surface area contributed by atoms with Gasteiger partial charge in [0.25, 0.3) is 0 Å². The summed E-state index contributed by atoms with van der Waals surface area (Å²) < 4.78 is 5.30. The zero-order chi connectivity index (χ0) is 10.7. The molecule has 0 aliphatic carbocycles. The molecule has 0 amide bonds. The quantitative estimate of drug-likeness (QED) is 0.772. The molecule has 2 rings (SSSR count). The second-order valence-corrected chi connectivity index (χ2v) is 4.26. The molecule has 0 aromatic heterocycles. The summed E-state index contributed by atoms with van der Waals surface area (Å²) >= 11 is 5.79. The SMILES string of the molecule is O=C1CCOC[C@@H]1Cc1ccc(Cl)cc1. The van der Waals surface area contributed by atoms with Gasteiger partial charge in [-0.1, -0.05) is 23.7 Å². The average Bonchev–Trinajstić information content (AvgIpc) is 2.25. The third kappa shape index (κ3) is 2.80. The molecule has 0 saturated carbocycles. The van der Waals surface area contributed by atoms with Crippen molar-refractivity contribution in [3.05, 3.63) is 34.9 Å². The fraction of sp³-hybridized carbons (Fsp3) is 0.417. The summed E-state index contributed by atoms with van der Waals surface area (Å²) in [5.74, 6) is 0.344.